The molecule has 17 heavy (non-hydrogen) atoms. The molecule has 0 saturated heterocycles. The second kappa shape index (κ2) is 1.97. The van der Waals surface area contributed by atoms with Gasteiger partial charge in [-0.15, -0.1) is 0 Å². The molecule has 6 saturated carbocycles. The summed E-state index contributed by atoms with van der Waals surface area (Å²) in [5.74, 6) is 4.09. The number of carbonyl (C=O) groups excluding carboxylic acids is 1. The summed E-state index contributed by atoms with van der Waals surface area (Å²) < 4.78 is 11.4. The molecule has 0 radical (unpaired) electrons. The highest BCUT2D eigenvalue weighted by molar-refractivity contribution is 5.89. The first-order valence-electron chi connectivity index (χ1n) is 6.71. The summed E-state index contributed by atoms with van der Waals surface area (Å²) in [4.78, 5) is 12.4. The Hall–Kier alpha value is -0.570. The lowest BCUT2D eigenvalue weighted by Gasteiger charge is -3.09. The van der Waals surface area contributed by atoms with E-state index in [1.807, 2.05) is 27.9 Å². The Morgan fingerprint density at radius 1 is 1.00 bits per heavy atom. The normalized spacial score (nSPS) is 66.6. The molecule has 3 heteroatoms. The van der Waals surface area contributed by atoms with E-state index in [0.717, 1.165) is 0 Å². The molecule has 0 aliphatic heterocycles. The quantitative estimate of drug-likeness (QED) is 0.679. The smallest absolute Gasteiger partial charge is 0.313 e. The number of carbonyl (C=O) groups is 1. The lowest BCUT2D eigenvalue weighted by molar-refractivity contribution is -0.650. The summed E-state index contributed by atoms with van der Waals surface area (Å²) in [6, 6.07) is 0. The standard InChI is InChI=1S/C14H18O3/c1-12(2,3)17-11(15)13-5-8-6(13)10-7(13)9(5)14(8,10)16-4/h5-10H,1-4H3. The van der Waals surface area contributed by atoms with Crippen molar-refractivity contribution in [3.8, 4) is 0 Å². The molecule has 0 amide bonds. The van der Waals surface area contributed by atoms with Crippen LogP contribution < -0.4 is 0 Å². The van der Waals surface area contributed by atoms with Gasteiger partial charge in [-0.05, 0) is 56.3 Å². The number of hydrogen-bond acceptors (Lipinski definition) is 3. The maximum atomic E-state index is 12.4. The Morgan fingerprint density at radius 3 is 1.82 bits per heavy atom. The van der Waals surface area contributed by atoms with Gasteiger partial charge in [-0.25, -0.2) is 0 Å². The topological polar surface area (TPSA) is 35.5 Å². The molecule has 0 unspecified atom stereocenters. The molecule has 0 aromatic heterocycles. The van der Waals surface area contributed by atoms with Gasteiger partial charge < -0.3 is 9.47 Å². The Labute approximate surface area is 101 Å². The lowest BCUT2D eigenvalue weighted by atomic mass is 8.95. The third-order valence-electron chi connectivity index (χ3n) is 6.65. The van der Waals surface area contributed by atoms with E-state index in [2.05, 4.69) is 0 Å². The second-order valence-electron chi connectivity index (χ2n) is 7.65. The van der Waals surface area contributed by atoms with E-state index in [0.29, 0.717) is 35.5 Å². The molecule has 6 aliphatic rings. The predicted octanol–water partition coefficient (Wildman–Crippen LogP) is 1.46. The van der Waals surface area contributed by atoms with Gasteiger partial charge in [-0.3, -0.25) is 4.79 Å². The molecule has 0 bridgehead atoms. The van der Waals surface area contributed by atoms with Gasteiger partial charge in [-0.1, -0.05) is 0 Å². The van der Waals surface area contributed by atoms with Crippen LogP contribution in [0.2, 0.25) is 0 Å². The molecule has 0 aromatic carbocycles. The van der Waals surface area contributed by atoms with Gasteiger partial charge in [0, 0.05) is 7.11 Å². The van der Waals surface area contributed by atoms with Crippen LogP contribution in [0.15, 0.2) is 0 Å². The average molecular weight is 234 g/mol. The van der Waals surface area contributed by atoms with E-state index in [-0.39, 0.29) is 22.6 Å². The molecule has 6 fully saturated rings. The molecule has 92 valence electrons. The number of ether oxygens (including phenoxy) is 2. The van der Waals surface area contributed by atoms with E-state index in [1.165, 1.54) is 0 Å². The monoisotopic (exact) mass is 234 g/mol. The molecule has 6 aliphatic carbocycles. The molecular weight excluding hydrogens is 216 g/mol. The summed E-state index contributed by atoms with van der Waals surface area (Å²) in [6.45, 7) is 5.88. The highest BCUT2D eigenvalue weighted by atomic mass is 16.6. The first kappa shape index (κ1) is 9.37. The maximum absolute atomic E-state index is 12.4. The second-order valence-corrected chi connectivity index (χ2v) is 7.65. The molecule has 0 heterocycles. The van der Waals surface area contributed by atoms with Gasteiger partial charge in [0.05, 0.1) is 11.0 Å². The molecule has 6 rings (SSSR count). The fourth-order valence-corrected chi connectivity index (χ4v) is 6.61. The summed E-state index contributed by atoms with van der Waals surface area (Å²) in [5.41, 5.74) is -0.136. The number of esters is 1. The zero-order valence-electron chi connectivity index (χ0n) is 10.7. The number of rotatable bonds is 2. The van der Waals surface area contributed by atoms with Crippen molar-refractivity contribution in [1.29, 1.82) is 0 Å². The molecule has 0 spiro atoms. The maximum Gasteiger partial charge on any atom is 0.313 e. The number of methoxy groups -OCH3 is 1. The zero-order valence-corrected chi connectivity index (χ0v) is 10.7. The van der Waals surface area contributed by atoms with Crippen LogP contribution in [0.4, 0.5) is 0 Å². The van der Waals surface area contributed by atoms with Gasteiger partial charge in [0.25, 0.3) is 0 Å². The fourth-order valence-electron chi connectivity index (χ4n) is 6.61. The predicted molar refractivity (Wildman–Crippen MR) is 59.0 cm³/mol. The van der Waals surface area contributed by atoms with Crippen LogP contribution in [0.25, 0.3) is 0 Å². The van der Waals surface area contributed by atoms with Crippen LogP contribution in [0.5, 0.6) is 0 Å². The minimum Gasteiger partial charge on any atom is -0.460 e. The van der Waals surface area contributed by atoms with Crippen molar-refractivity contribution in [3.05, 3.63) is 0 Å². The first-order chi connectivity index (χ1) is 7.92. The summed E-state index contributed by atoms with van der Waals surface area (Å²) in [5, 5.41) is 0. The van der Waals surface area contributed by atoms with Gasteiger partial charge >= 0.3 is 5.97 Å². The zero-order chi connectivity index (χ0) is 12.0. The molecule has 0 aromatic rings. The molecule has 0 atom stereocenters. The minimum atomic E-state index is -0.342. The fraction of sp³-hybridized carbons (Fsp3) is 0.929. The Morgan fingerprint density at radius 2 is 1.47 bits per heavy atom. The lowest BCUT2D eigenvalue weighted by Crippen LogP contribution is -3.14. The van der Waals surface area contributed by atoms with E-state index < -0.39 is 0 Å². The van der Waals surface area contributed by atoms with Crippen molar-refractivity contribution < 1.29 is 14.3 Å². The van der Waals surface area contributed by atoms with Crippen LogP contribution in [0.1, 0.15) is 20.8 Å². The number of hydrogen-bond donors (Lipinski definition) is 0. The third-order valence-corrected chi connectivity index (χ3v) is 6.65. The summed E-state index contributed by atoms with van der Waals surface area (Å²) in [7, 11) is 1.85. The summed E-state index contributed by atoms with van der Waals surface area (Å²) >= 11 is 0. The van der Waals surface area contributed by atoms with Crippen molar-refractivity contribution in [2.75, 3.05) is 7.11 Å². The van der Waals surface area contributed by atoms with Gasteiger partial charge in [0.1, 0.15) is 5.60 Å². The molecule has 3 nitrogen and oxygen atoms in total. The third kappa shape index (κ3) is 0.516. The molecule has 0 N–H and O–H groups in total. The van der Waals surface area contributed by atoms with Crippen LogP contribution in [0, 0.1) is 40.9 Å². The minimum absolute atomic E-state index is 0.0342. The average Bonchev–Trinajstić information content (AvgIpc) is 2.26. The first-order valence-corrected chi connectivity index (χ1v) is 6.71. The van der Waals surface area contributed by atoms with E-state index in [9.17, 15) is 4.79 Å². The van der Waals surface area contributed by atoms with Gasteiger partial charge in [-0.2, -0.15) is 0 Å². The van der Waals surface area contributed by atoms with E-state index in [4.69, 9.17) is 9.47 Å². The Bertz CT molecular complexity index is 419. The van der Waals surface area contributed by atoms with Crippen LogP contribution >= 0.6 is 0 Å². The van der Waals surface area contributed by atoms with Crippen LogP contribution in [0.3, 0.4) is 0 Å². The van der Waals surface area contributed by atoms with Crippen molar-refractivity contribution >= 4 is 5.97 Å². The van der Waals surface area contributed by atoms with Crippen LogP contribution in [-0.2, 0) is 14.3 Å². The van der Waals surface area contributed by atoms with Crippen LogP contribution in [-0.4, -0.2) is 24.3 Å². The Kier molecular flexibility index (Phi) is 1.08. The Balaban J connectivity index is 1.44. The van der Waals surface area contributed by atoms with Crippen molar-refractivity contribution in [1.82, 2.24) is 0 Å². The van der Waals surface area contributed by atoms with E-state index in [1.54, 1.807) is 0 Å². The van der Waals surface area contributed by atoms with Crippen molar-refractivity contribution in [3.63, 3.8) is 0 Å². The largest absolute Gasteiger partial charge is 0.460 e. The van der Waals surface area contributed by atoms with E-state index >= 15 is 0 Å². The summed E-state index contributed by atoms with van der Waals surface area (Å²) in [6.07, 6.45) is 0. The SMILES string of the molecule is COC12C3C4C1C1C2C3C41C(=O)OC(C)(C)C. The highest BCUT2D eigenvalue weighted by Gasteiger charge is 3.12. The highest BCUT2D eigenvalue weighted by Crippen LogP contribution is 3.07. The van der Waals surface area contributed by atoms with Gasteiger partial charge in [0.15, 0.2) is 0 Å². The van der Waals surface area contributed by atoms with Gasteiger partial charge in [0.2, 0.25) is 0 Å². The molecular formula is C14H18O3. The van der Waals surface area contributed by atoms with Crippen molar-refractivity contribution in [2.24, 2.45) is 40.9 Å². The van der Waals surface area contributed by atoms with Crippen molar-refractivity contribution in [2.45, 2.75) is 32.0 Å².